The van der Waals surface area contributed by atoms with Crippen LogP contribution in [0.15, 0.2) is 67.0 Å². The van der Waals surface area contributed by atoms with E-state index in [1.54, 1.807) is 24.5 Å². The number of rotatable bonds is 8. The van der Waals surface area contributed by atoms with Crippen molar-refractivity contribution in [2.45, 2.75) is 26.1 Å². The van der Waals surface area contributed by atoms with Gasteiger partial charge in [-0.3, -0.25) is 14.8 Å². The van der Waals surface area contributed by atoms with Gasteiger partial charge in [-0.2, -0.15) is 0 Å². The van der Waals surface area contributed by atoms with Gasteiger partial charge in [0.15, 0.2) is 0 Å². The minimum Gasteiger partial charge on any atom is -0.443 e. The van der Waals surface area contributed by atoms with Crippen molar-refractivity contribution in [1.29, 1.82) is 0 Å². The van der Waals surface area contributed by atoms with Crippen LogP contribution in [0, 0.1) is 5.82 Å². The van der Waals surface area contributed by atoms with Crippen LogP contribution in [0.25, 0.3) is 11.1 Å². The van der Waals surface area contributed by atoms with Gasteiger partial charge < -0.3 is 10.5 Å². The van der Waals surface area contributed by atoms with Crippen LogP contribution >= 0.6 is 0 Å². The Morgan fingerprint density at radius 3 is 2.38 bits per heavy atom. The predicted molar refractivity (Wildman–Crippen MR) is 123 cm³/mol. The number of ether oxygens (including phenoxy) is 1. The minimum atomic E-state index is -0.496. The normalized spacial score (nSPS) is 15.9. The van der Waals surface area contributed by atoms with Crippen molar-refractivity contribution in [3.63, 3.8) is 0 Å². The standard InChI is InChI=1S/C25H27FN4O2/c1-2-29(16-19-9-11-28-12-10-19)15-18-3-5-20(6-4-18)23-8-7-21(13-24(23)26)30-17-22(14-27)32-25(30)31/h3-13,22H,2,14-17,27H2,1H3/t22-/m0/s1. The van der Waals surface area contributed by atoms with E-state index in [1.807, 2.05) is 36.4 Å². The van der Waals surface area contributed by atoms with Crippen molar-refractivity contribution in [3.05, 3.63) is 83.9 Å². The summed E-state index contributed by atoms with van der Waals surface area (Å²) >= 11 is 0. The highest BCUT2D eigenvalue weighted by atomic mass is 19.1. The molecule has 1 aliphatic heterocycles. The molecule has 0 bridgehead atoms. The molecule has 3 aromatic rings. The Labute approximate surface area is 187 Å². The average molecular weight is 435 g/mol. The van der Waals surface area contributed by atoms with Crippen molar-refractivity contribution in [3.8, 4) is 11.1 Å². The number of pyridine rings is 1. The van der Waals surface area contributed by atoms with Gasteiger partial charge in [0, 0.05) is 37.6 Å². The van der Waals surface area contributed by atoms with E-state index >= 15 is 0 Å². The maximum atomic E-state index is 14.9. The van der Waals surface area contributed by atoms with Crippen molar-refractivity contribution < 1.29 is 13.9 Å². The molecular weight excluding hydrogens is 407 g/mol. The first-order valence-corrected chi connectivity index (χ1v) is 10.8. The Bertz CT molecular complexity index is 1060. The summed E-state index contributed by atoms with van der Waals surface area (Å²) in [6.45, 7) is 5.28. The molecule has 2 aromatic carbocycles. The summed E-state index contributed by atoms with van der Waals surface area (Å²) in [6, 6.07) is 16.8. The largest absolute Gasteiger partial charge is 0.443 e. The Hall–Kier alpha value is -3.29. The quantitative estimate of drug-likeness (QED) is 0.576. The fourth-order valence-corrected chi connectivity index (χ4v) is 3.83. The second-order valence-corrected chi connectivity index (χ2v) is 7.87. The summed E-state index contributed by atoms with van der Waals surface area (Å²) in [5, 5.41) is 0. The number of hydrogen-bond acceptors (Lipinski definition) is 5. The van der Waals surface area contributed by atoms with Crippen LogP contribution in [0.1, 0.15) is 18.1 Å². The zero-order chi connectivity index (χ0) is 22.5. The summed E-state index contributed by atoms with van der Waals surface area (Å²) in [4.78, 5) is 19.8. The molecule has 1 atom stereocenters. The lowest BCUT2D eigenvalue weighted by Gasteiger charge is -2.20. The molecule has 1 amide bonds. The molecule has 1 saturated heterocycles. The summed E-state index contributed by atoms with van der Waals surface area (Å²) < 4.78 is 20.0. The van der Waals surface area contributed by atoms with Crippen molar-refractivity contribution in [1.82, 2.24) is 9.88 Å². The lowest BCUT2D eigenvalue weighted by atomic mass is 10.0. The monoisotopic (exact) mass is 434 g/mol. The van der Waals surface area contributed by atoms with E-state index in [0.29, 0.717) is 17.8 Å². The molecule has 6 nitrogen and oxygen atoms in total. The Morgan fingerprint density at radius 1 is 1.09 bits per heavy atom. The van der Waals surface area contributed by atoms with E-state index in [9.17, 15) is 9.18 Å². The van der Waals surface area contributed by atoms with Crippen LogP contribution in [-0.4, -0.2) is 41.7 Å². The Balaban J connectivity index is 1.45. The van der Waals surface area contributed by atoms with Gasteiger partial charge in [-0.05, 0) is 53.6 Å². The second-order valence-electron chi connectivity index (χ2n) is 7.87. The SMILES string of the molecule is CCN(Cc1ccncc1)Cc1ccc(-c2ccc(N3C[C@H](CN)OC3=O)cc2F)cc1. The van der Waals surface area contributed by atoms with Gasteiger partial charge in [0.05, 0.1) is 12.2 Å². The second kappa shape index (κ2) is 9.89. The zero-order valence-corrected chi connectivity index (χ0v) is 18.1. The van der Waals surface area contributed by atoms with Gasteiger partial charge in [-0.1, -0.05) is 31.2 Å². The van der Waals surface area contributed by atoms with Crippen LogP contribution < -0.4 is 10.6 Å². The number of anilines is 1. The van der Waals surface area contributed by atoms with Crippen molar-refractivity contribution in [2.24, 2.45) is 5.73 Å². The first-order valence-electron chi connectivity index (χ1n) is 10.8. The summed E-state index contributed by atoms with van der Waals surface area (Å²) in [5.41, 5.74) is 9.71. The van der Waals surface area contributed by atoms with Crippen LogP contribution in [0.4, 0.5) is 14.9 Å². The van der Waals surface area contributed by atoms with Gasteiger partial charge in [-0.15, -0.1) is 0 Å². The third-order valence-electron chi connectivity index (χ3n) is 5.68. The van der Waals surface area contributed by atoms with Crippen LogP contribution in [0.2, 0.25) is 0 Å². The van der Waals surface area contributed by atoms with Crippen LogP contribution in [0.5, 0.6) is 0 Å². The molecule has 7 heteroatoms. The third kappa shape index (κ3) is 4.95. The van der Waals surface area contributed by atoms with Crippen molar-refractivity contribution >= 4 is 11.8 Å². The topological polar surface area (TPSA) is 71.7 Å². The van der Waals surface area contributed by atoms with Crippen LogP contribution in [0.3, 0.4) is 0 Å². The van der Waals surface area contributed by atoms with E-state index in [0.717, 1.165) is 30.8 Å². The van der Waals surface area contributed by atoms with Crippen molar-refractivity contribution in [2.75, 3.05) is 24.5 Å². The smallest absolute Gasteiger partial charge is 0.414 e. The summed E-state index contributed by atoms with van der Waals surface area (Å²) in [5.74, 6) is -0.382. The first kappa shape index (κ1) is 21.9. The predicted octanol–water partition coefficient (Wildman–Crippen LogP) is 4.19. The summed E-state index contributed by atoms with van der Waals surface area (Å²) in [6.07, 6.45) is 2.75. The number of carbonyl (C=O) groups is 1. The number of benzene rings is 2. The lowest BCUT2D eigenvalue weighted by molar-refractivity contribution is 0.145. The number of carbonyl (C=O) groups excluding carboxylic acids is 1. The maximum absolute atomic E-state index is 14.9. The molecule has 0 spiro atoms. The number of nitrogens with two attached hydrogens (primary N) is 1. The lowest BCUT2D eigenvalue weighted by Crippen LogP contribution is -2.27. The maximum Gasteiger partial charge on any atom is 0.414 e. The van der Waals surface area contributed by atoms with E-state index in [4.69, 9.17) is 10.5 Å². The van der Waals surface area contributed by atoms with Gasteiger partial charge in [0.1, 0.15) is 11.9 Å². The molecule has 0 saturated carbocycles. The molecule has 0 radical (unpaired) electrons. The van der Waals surface area contributed by atoms with E-state index < -0.39 is 6.09 Å². The van der Waals surface area contributed by atoms with E-state index in [2.05, 4.69) is 16.8 Å². The van der Waals surface area contributed by atoms with E-state index in [-0.39, 0.29) is 18.5 Å². The van der Waals surface area contributed by atoms with Gasteiger partial charge in [0.25, 0.3) is 0 Å². The first-order chi connectivity index (χ1) is 15.6. The number of amides is 1. The fraction of sp³-hybridized carbons (Fsp3) is 0.280. The molecule has 1 fully saturated rings. The number of cyclic esters (lactones) is 1. The molecular formula is C25H27FN4O2. The highest BCUT2D eigenvalue weighted by Gasteiger charge is 2.31. The number of nitrogens with zero attached hydrogens (tertiary/aromatic N) is 3. The van der Waals surface area contributed by atoms with Gasteiger partial charge in [0.2, 0.25) is 0 Å². The average Bonchev–Trinajstić information content (AvgIpc) is 3.20. The number of halogens is 1. The minimum absolute atomic E-state index is 0.243. The molecule has 0 aliphatic carbocycles. The number of hydrogen-bond donors (Lipinski definition) is 1. The molecule has 0 unspecified atom stereocenters. The highest BCUT2D eigenvalue weighted by molar-refractivity contribution is 5.90. The molecule has 2 heterocycles. The third-order valence-corrected chi connectivity index (χ3v) is 5.68. The Morgan fingerprint density at radius 2 is 1.78 bits per heavy atom. The molecule has 32 heavy (non-hydrogen) atoms. The fourth-order valence-electron chi connectivity index (χ4n) is 3.83. The van der Waals surface area contributed by atoms with E-state index in [1.165, 1.54) is 16.5 Å². The summed E-state index contributed by atoms with van der Waals surface area (Å²) in [7, 11) is 0. The van der Waals surface area contributed by atoms with Gasteiger partial charge in [-0.25, -0.2) is 9.18 Å². The molecule has 166 valence electrons. The molecule has 1 aromatic heterocycles. The molecule has 4 rings (SSSR count). The van der Waals surface area contributed by atoms with Gasteiger partial charge >= 0.3 is 6.09 Å². The highest BCUT2D eigenvalue weighted by Crippen LogP contribution is 2.29. The van der Waals surface area contributed by atoms with Crippen LogP contribution in [-0.2, 0) is 17.8 Å². The number of aromatic nitrogens is 1. The molecule has 2 N–H and O–H groups in total. The Kier molecular flexibility index (Phi) is 6.78. The zero-order valence-electron chi connectivity index (χ0n) is 18.1. The molecule has 1 aliphatic rings.